The molecule has 2 aliphatic rings. The fourth-order valence-corrected chi connectivity index (χ4v) is 3.08. The Morgan fingerprint density at radius 2 is 1.63 bits per heavy atom. The molecule has 2 heteroatoms. The Morgan fingerprint density at radius 3 is 2.16 bits per heavy atom. The Bertz CT molecular complexity index is 407. The quantitative estimate of drug-likeness (QED) is 0.809. The van der Waals surface area contributed by atoms with E-state index in [1.165, 1.54) is 36.8 Å². The van der Waals surface area contributed by atoms with Gasteiger partial charge in [0.25, 0.3) is 0 Å². The maximum Gasteiger partial charge on any atom is 0.0230 e. The van der Waals surface area contributed by atoms with Crippen molar-refractivity contribution in [2.24, 2.45) is 11.8 Å². The lowest BCUT2D eigenvalue weighted by molar-refractivity contribution is 0.393. The predicted molar refractivity (Wildman–Crippen MR) is 79.9 cm³/mol. The molecule has 0 heterocycles. The fourth-order valence-electron chi connectivity index (χ4n) is 3.08. The summed E-state index contributed by atoms with van der Waals surface area (Å²) in [5, 5.41) is 3.86. The lowest BCUT2D eigenvalue weighted by atomic mass is 10.0. The summed E-state index contributed by atoms with van der Waals surface area (Å²) >= 11 is 0. The van der Waals surface area contributed by atoms with Gasteiger partial charge in [0.05, 0.1) is 0 Å². The molecule has 1 aromatic rings. The average molecular weight is 258 g/mol. The standard InChI is InChI=1S/C17H26N2/c1-19(2)12-16-6-4-3-5-15(16)11-18-17(13-7-8-13)14-9-10-14/h3-6,13-14,17-18H,7-12H2,1-2H3. The monoisotopic (exact) mass is 258 g/mol. The molecular formula is C17H26N2. The van der Waals surface area contributed by atoms with Gasteiger partial charge in [-0.3, -0.25) is 0 Å². The number of benzene rings is 1. The van der Waals surface area contributed by atoms with E-state index in [0.29, 0.717) is 0 Å². The third-order valence-electron chi connectivity index (χ3n) is 4.39. The first-order valence-corrected chi connectivity index (χ1v) is 7.69. The molecule has 2 fully saturated rings. The molecule has 2 saturated carbocycles. The van der Waals surface area contributed by atoms with Gasteiger partial charge in [0.1, 0.15) is 0 Å². The van der Waals surface area contributed by atoms with Gasteiger partial charge >= 0.3 is 0 Å². The summed E-state index contributed by atoms with van der Waals surface area (Å²) in [6, 6.07) is 9.66. The second kappa shape index (κ2) is 5.64. The van der Waals surface area contributed by atoms with Crippen LogP contribution in [0.15, 0.2) is 24.3 Å². The lowest BCUT2D eigenvalue weighted by Crippen LogP contribution is -2.33. The van der Waals surface area contributed by atoms with E-state index in [9.17, 15) is 0 Å². The van der Waals surface area contributed by atoms with Gasteiger partial charge in [0.15, 0.2) is 0 Å². The zero-order chi connectivity index (χ0) is 13.2. The summed E-state index contributed by atoms with van der Waals surface area (Å²) in [6.45, 7) is 2.08. The molecule has 0 saturated heterocycles. The molecule has 1 aromatic carbocycles. The lowest BCUT2D eigenvalue weighted by Gasteiger charge is -2.20. The first kappa shape index (κ1) is 13.1. The highest BCUT2D eigenvalue weighted by Crippen LogP contribution is 2.44. The number of rotatable bonds is 7. The normalized spacial score (nSPS) is 19.4. The van der Waals surface area contributed by atoms with Crippen molar-refractivity contribution >= 4 is 0 Å². The molecule has 0 amide bonds. The summed E-state index contributed by atoms with van der Waals surface area (Å²) in [4.78, 5) is 2.25. The van der Waals surface area contributed by atoms with Gasteiger partial charge in [0.2, 0.25) is 0 Å². The van der Waals surface area contributed by atoms with Gasteiger partial charge in [-0.15, -0.1) is 0 Å². The minimum absolute atomic E-state index is 0.799. The molecule has 3 rings (SSSR count). The fraction of sp³-hybridized carbons (Fsp3) is 0.647. The van der Waals surface area contributed by atoms with Crippen LogP contribution in [0.4, 0.5) is 0 Å². The molecule has 2 nitrogen and oxygen atoms in total. The van der Waals surface area contributed by atoms with E-state index in [-0.39, 0.29) is 0 Å². The van der Waals surface area contributed by atoms with Crippen molar-refractivity contribution < 1.29 is 0 Å². The van der Waals surface area contributed by atoms with Crippen LogP contribution in [0.5, 0.6) is 0 Å². The molecule has 104 valence electrons. The van der Waals surface area contributed by atoms with Crippen LogP contribution >= 0.6 is 0 Å². The molecule has 0 unspecified atom stereocenters. The Labute approximate surface area is 117 Å². The highest BCUT2D eigenvalue weighted by Gasteiger charge is 2.40. The third kappa shape index (κ3) is 3.58. The summed E-state index contributed by atoms with van der Waals surface area (Å²) in [7, 11) is 4.28. The molecular weight excluding hydrogens is 232 g/mol. The Morgan fingerprint density at radius 1 is 1.05 bits per heavy atom. The van der Waals surface area contributed by atoms with E-state index in [0.717, 1.165) is 31.0 Å². The maximum absolute atomic E-state index is 3.86. The summed E-state index contributed by atoms with van der Waals surface area (Å²) in [5.41, 5.74) is 2.94. The zero-order valence-corrected chi connectivity index (χ0v) is 12.2. The second-order valence-electron chi connectivity index (χ2n) is 6.59. The van der Waals surface area contributed by atoms with Crippen LogP contribution < -0.4 is 5.32 Å². The van der Waals surface area contributed by atoms with E-state index < -0.39 is 0 Å². The van der Waals surface area contributed by atoms with Crippen molar-refractivity contribution in [1.82, 2.24) is 10.2 Å². The SMILES string of the molecule is CN(C)Cc1ccccc1CNC(C1CC1)C1CC1. The van der Waals surface area contributed by atoms with E-state index in [1.807, 2.05) is 0 Å². The van der Waals surface area contributed by atoms with Crippen molar-refractivity contribution in [3.63, 3.8) is 0 Å². The number of nitrogens with zero attached hydrogens (tertiary/aromatic N) is 1. The molecule has 0 bridgehead atoms. The maximum atomic E-state index is 3.86. The summed E-state index contributed by atoms with van der Waals surface area (Å²) in [6.07, 6.45) is 5.81. The van der Waals surface area contributed by atoms with Gasteiger partial charge < -0.3 is 10.2 Å². The third-order valence-corrected chi connectivity index (χ3v) is 4.39. The first-order chi connectivity index (χ1) is 9.24. The highest BCUT2D eigenvalue weighted by atomic mass is 15.0. The van der Waals surface area contributed by atoms with E-state index >= 15 is 0 Å². The molecule has 19 heavy (non-hydrogen) atoms. The number of nitrogens with one attached hydrogen (secondary N) is 1. The topological polar surface area (TPSA) is 15.3 Å². The van der Waals surface area contributed by atoms with Crippen molar-refractivity contribution in [2.45, 2.75) is 44.8 Å². The van der Waals surface area contributed by atoms with Crippen LogP contribution in [-0.4, -0.2) is 25.0 Å². The minimum Gasteiger partial charge on any atom is -0.309 e. The van der Waals surface area contributed by atoms with E-state index in [4.69, 9.17) is 0 Å². The first-order valence-electron chi connectivity index (χ1n) is 7.69. The van der Waals surface area contributed by atoms with Gasteiger partial charge in [-0.25, -0.2) is 0 Å². The second-order valence-corrected chi connectivity index (χ2v) is 6.59. The largest absolute Gasteiger partial charge is 0.309 e. The number of hydrogen-bond acceptors (Lipinski definition) is 2. The van der Waals surface area contributed by atoms with Crippen LogP contribution in [0.25, 0.3) is 0 Å². The van der Waals surface area contributed by atoms with E-state index in [1.54, 1.807) is 0 Å². The Hall–Kier alpha value is -0.860. The molecule has 0 aliphatic heterocycles. The molecule has 1 N–H and O–H groups in total. The molecule has 0 aromatic heterocycles. The zero-order valence-electron chi connectivity index (χ0n) is 12.2. The van der Waals surface area contributed by atoms with Crippen molar-refractivity contribution in [3.8, 4) is 0 Å². The van der Waals surface area contributed by atoms with Crippen LogP contribution in [0.1, 0.15) is 36.8 Å². The Kier molecular flexibility index (Phi) is 3.90. The van der Waals surface area contributed by atoms with Crippen molar-refractivity contribution in [2.75, 3.05) is 14.1 Å². The average Bonchev–Trinajstić information content (AvgIpc) is 3.25. The van der Waals surface area contributed by atoms with E-state index in [2.05, 4.69) is 48.6 Å². The molecule has 0 spiro atoms. The molecule has 0 radical (unpaired) electrons. The summed E-state index contributed by atoms with van der Waals surface area (Å²) in [5.74, 6) is 1.96. The molecule has 2 aliphatic carbocycles. The van der Waals surface area contributed by atoms with Gasteiger partial charge in [-0.1, -0.05) is 24.3 Å². The van der Waals surface area contributed by atoms with Crippen LogP contribution in [0.3, 0.4) is 0 Å². The summed E-state index contributed by atoms with van der Waals surface area (Å²) < 4.78 is 0. The smallest absolute Gasteiger partial charge is 0.0230 e. The van der Waals surface area contributed by atoms with Gasteiger partial charge in [-0.05, 0) is 62.7 Å². The van der Waals surface area contributed by atoms with Crippen LogP contribution in [0, 0.1) is 11.8 Å². The number of hydrogen-bond donors (Lipinski definition) is 1. The van der Waals surface area contributed by atoms with Gasteiger partial charge in [0, 0.05) is 19.1 Å². The Balaban J connectivity index is 1.62. The molecule has 0 atom stereocenters. The van der Waals surface area contributed by atoms with Crippen molar-refractivity contribution in [1.29, 1.82) is 0 Å². The van der Waals surface area contributed by atoms with Crippen molar-refractivity contribution in [3.05, 3.63) is 35.4 Å². The van der Waals surface area contributed by atoms with Crippen LogP contribution in [-0.2, 0) is 13.1 Å². The highest BCUT2D eigenvalue weighted by molar-refractivity contribution is 5.27. The van der Waals surface area contributed by atoms with Crippen LogP contribution in [0.2, 0.25) is 0 Å². The predicted octanol–water partition coefficient (Wildman–Crippen LogP) is 3.03. The van der Waals surface area contributed by atoms with Gasteiger partial charge in [-0.2, -0.15) is 0 Å². The minimum atomic E-state index is 0.799.